The molecule has 0 amide bonds. The zero-order valence-electron chi connectivity index (χ0n) is 19.8. The number of anilines is 4. The average molecular weight is 469 g/mol. The van der Waals surface area contributed by atoms with Crippen molar-refractivity contribution in [3.8, 4) is 0 Å². The molecule has 1 saturated carbocycles. The Bertz CT molecular complexity index is 1110. The van der Waals surface area contributed by atoms with E-state index < -0.39 is 11.7 Å². The van der Waals surface area contributed by atoms with Gasteiger partial charge in [-0.15, -0.1) is 0 Å². The number of rotatable bonds is 5. The van der Waals surface area contributed by atoms with Gasteiger partial charge in [0.1, 0.15) is 11.4 Å². The van der Waals surface area contributed by atoms with Crippen LogP contribution in [0.5, 0.6) is 0 Å². The maximum absolute atomic E-state index is 13.7. The van der Waals surface area contributed by atoms with Crippen molar-refractivity contribution in [3.05, 3.63) is 71.4 Å². The fourth-order valence-electron chi connectivity index (χ4n) is 4.37. The summed E-state index contributed by atoms with van der Waals surface area (Å²) in [5.74, 6) is 0.288. The maximum Gasteiger partial charge on any atom is 0.421 e. The van der Waals surface area contributed by atoms with Crippen LogP contribution in [0.4, 0.5) is 36.3 Å². The van der Waals surface area contributed by atoms with Gasteiger partial charge in [0.05, 0.1) is 0 Å². The van der Waals surface area contributed by atoms with E-state index >= 15 is 0 Å². The third-order valence-corrected chi connectivity index (χ3v) is 6.33. The van der Waals surface area contributed by atoms with Gasteiger partial charge in [0.15, 0.2) is 0 Å². The van der Waals surface area contributed by atoms with Gasteiger partial charge >= 0.3 is 6.18 Å². The van der Waals surface area contributed by atoms with Crippen LogP contribution in [-0.4, -0.2) is 9.97 Å². The minimum Gasteiger partial charge on any atom is -0.340 e. The summed E-state index contributed by atoms with van der Waals surface area (Å²) in [4.78, 5) is 8.11. The molecule has 7 heteroatoms. The Balaban J connectivity index is 1.59. The normalized spacial score (nSPS) is 15.2. The highest BCUT2D eigenvalue weighted by molar-refractivity contribution is 5.63. The van der Waals surface area contributed by atoms with Crippen molar-refractivity contribution in [1.82, 2.24) is 9.97 Å². The largest absolute Gasteiger partial charge is 0.421 e. The molecule has 1 aromatic heterocycles. The SMILES string of the molecule is CC(C)(C)c1ccc(Nc2ncc(C(F)(F)F)c(Nc3cccc(C4CCCCC4)c3)n2)cc1. The van der Waals surface area contributed by atoms with Gasteiger partial charge < -0.3 is 10.6 Å². The predicted molar refractivity (Wildman–Crippen MR) is 131 cm³/mol. The zero-order chi connectivity index (χ0) is 24.3. The van der Waals surface area contributed by atoms with Crippen LogP contribution in [0.15, 0.2) is 54.7 Å². The number of alkyl halides is 3. The van der Waals surface area contributed by atoms with E-state index in [1.807, 2.05) is 36.4 Å². The molecule has 3 aromatic rings. The Hall–Kier alpha value is -3.09. The van der Waals surface area contributed by atoms with E-state index in [0.29, 0.717) is 17.3 Å². The molecule has 4 rings (SSSR count). The van der Waals surface area contributed by atoms with Gasteiger partial charge in [-0.25, -0.2) is 4.98 Å². The molecule has 180 valence electrons. The van der Waals surface area contributed by atoms with E-state index in [2.05, 4.69) is 47.4 Å². The van der Waals surface area contributed by atoms with Crippen LogP contribution in [-0.2, 0) is 11.6 Å². The standard InChI is InChI=1S/C27H31F3N4/c1-26(2,3)20-12-14-21(15-13-20)33-25-31-17-23(27(28,29)30)24(34-25)32-22-11-7-10-19(16-22)18-8-5-4-6-9-18/h7,10-18H,4-6,8-9H2,1-3H3,(H2,31,32,33,34). The van der Waals surface area contributed by atoms with Crippen molar-refractivity contribution in [2.75, 3.05) is 10.6 Å². The van der Waals surface area contributed by atoms with Crippen LogP contribution in [0, 0.1) is 0 Å². The summed E-state index contributed by atoms with van der Waals surface area (Å²) in [6.07, 6.45) is 2.12. The lowest BCUT2D eigenvalue weighted by molar-refractivity contribution is -0.137. The lowest BCUT2D eigenvalue weighted by Crippen LogP contribution is -2.13. The fourth-order valence-corrected chi connectivity index (χ4v) is 4.37. The second kappa shape index (κ2) is 9.65. The maximum atomic E-state index is 13.7. The molecular formula is C27H31F3N4. The molecule has 0 radical (unpaired) electrons. The quantitative estimate of drug-likeness (QED) is 0.395. The predicted octanol–water partition coefficient (Wildman–Crippen LogP) is 8.33. The summed E-state index contributed by atoms with van der Waals surface area (Å²) in [5, 5.41) is 5.92. The van der Waals surface area contributed by atoms with Gasteiger partial charge in [-0.3, -0.25) is 0 Å². The molecule has 0 bridgehead atoms. The van der Waals surface area contributed by atoms with Gasteiger partial charge in [-0.1, -0.05) is 64.3 Å². The molecule has 0 atom stereocenters. The lowest BCUT2D eigenvalue weighted by Gasteiger charge is -2.22. The molecule has 2 aromatic carbocycles. The van der Waals surface area contributed by atoms with Crippen molar-refractivity contribution in [2.24, 2.45) is 0 Å². The van der Waals surface area contributed by atoms with Crippen LogP contribution in [0.25, 0.3) is 0 Å². The lowest BCUT2D eigenvalue weighted by atomic mass is 9.84. The monoisotopic (exact) mass is 468 g/mol. The highest BCUT2D eigenvalue weighted by Crippen LogP contribution is 2.37. The van der Waals surface area contributed by atoms with Crippen LogP contribution in [0.3, 0.4) is 0 Å². The summed E-state index contributed by atoms with van der Waals surface area (Å²) in [7, 11) is 0. The van der Waals surface area contributed by atoms with E-state index in [-0.39, 0.29) is 17.2 Å². The van der Waals surface area contributed by atoms with E-state index in [0.717, 1.165) is 30.2 Å². The Kier molecular flexibility index (Phi) is 6.82. The van der Waals surface area contributed by atoms with E-state index in [4.69, 9.17) is 0 Å². The molecule has 1 aliphatic rings. The average Bonchev–Trinajstić information content (AvgIpc) is 2.79. The van der Waals surface area contributed by atoms with Crippen LogP contribution in [0.1, 0.15) is 75.5 Å². The summed E-state index contributed by atoms with van der Waals surface area (Å²) < 4.78 is 41.1. The first-order chi connectivity index (χ1) is 16.1. The van der Waals surface area contributed by atoms with Crippen molar-refractivity contribution < 1.29 is 13.2 Å². The fraction of sp³-hybridized carbons (Fsp3) is 0.407. The van der Waals surface area contributed by atoms with Crippen LogP contribution < -0.4 is 10.6 Å². The second-order valence-corrected chi connectivity index (χ2v) is 9.99. The first-order valence-corrected chi connectivity index (χ1v) is 11.8. The molecule has 1 heterocycles. The van der Waals surface area contributed by atoms with Crippen LogP contribution in [0.2, 0.25) is 0 Å². The molecule has 1 fully saturated rings. The Morgan fingerprint density at radius 2 is 1.56 bits per heavy atom. The number of nitrogens with one attached hydrogen (secondary N) is 2. The highest BCUT2D eigenvalue weighted by atomic mass is 19.4. The number of benzene rings is 2. The summed E-state index contributed by atoms with van der Waals surface area (Å²) >= 11 is 0. The van der Waals surface area contributed by atoms with Crippen molar-refractivity contribution in [1.29, 1.82) is 0 Å². The van der Waals surface area contributed by atoms with Gasteiger partial charge in [0.25, 0.3) is 0 Å². The minimum atomic E-state index is -4.57. The number of nitrogens with zero attached hydrogens (tertiary/aromatic N) is 2. The zero-order valence-corrected chi connectivity index (χ0v) is 19.8. The van der Waals surface area contributed by atoms with Gasteiger partial charge in [-0.05, 0) is 59.6 Å². The molecule has 0 unspecified atom stereocenters. The molecule has 0 aliphatic heterocycles. The number of aromatic nitrogens is 2. The third kappa shape index (κ3) is 5.88. The van der Waals surface area contributed by atoms with Gasteiger partial charge in [0, 0.05) is 17.6 Å². The van der Waals surface area contributed by atoms with E-state index in [1.54, 1.807) is 6.07 Å². The molecule has 4 nitrogen and oxygen atoms in total. The first kappa shape index (κ1) is 24.0. The number of hydrogen-bond donors (Lipinski definition) is 2. The summed E-state index contributed by atoms with van der Waals surface area (Å²) in [6.45, 7) is 6.36. The third-order valence-electron chi connectivity index (χ3n) is 6.33. The Morgan fingerprint density at radius 1 is 0.853 bits per heavy atom. The van der Waals surface area contributed by atoms with Gasteiger partial charge in [0.2, 0.25) is 5.95 Å². The molecular weight excluding hydrogens is 437 g/mol. The van der Waals surface area contributed by atoms with E-state index in [9.17, 15) is 13.2 Å². The molecule has 0 saturated heterocycles. The van der Waals surface area contributed by atoms with E-state index in [1.165, 1.54) is 19.3 Å². The Morgan fingerprint density at radius 3 is 2.21 bits per heavy atom. The highest BCUT2D eigenvalue weighted by Gasteiger charge is 2.35. The molecule has 2 N–H and O–H groups in total. The first-order valence-electron chi connectivity index (χ1n) is 11.8. The summed E-state index contributed by atoms with van der Waals surface area (Å²) in [6, 6.07) is 15.4. The smallest absolute Gasteiger partial charge is 0.340 e. The number of hydrogen-bond acceptors (Lipinski definition) is 4. The van der Waals surface area contributed by atoms with Crippen molar-refractivity contribution >= 4 is 23.1 Å². The molecule has 1 aliphatic carbocycles. The minimum absolute atomic E-state index is 0.00659. The topological polar surface area (TPSA) is 49.8 Å². The molecule has 34 heavy (non-hydrogen) atoms. The van der Waals surface area contributed by atoms with Crippen molar-refractivity contribution in [3.63, 3.8) is 0 Å². The van der Waals surface area contributed by atoms with Gasteiger partial charge in [-0.2, -0.15) is 18.2 Å². The second-order valence-electron chi connectivity index (χ2n) is 9.99. The van der Waals surface area contributed by atoms with Crippen molar-refractivity contribution in [2.45, 2.75) is 70.4 Å². The number of halogens is 3. The molecule has 0 spiro atoms. The van der Waals surface area contributed by atoms with Crippen LogP contribution >= 0.6 is 0 Å². The Labute approximate surface area is 199 Å². The summed E-state index contributed by atoms with van der Waals surface area (Å²) in [5.41, 5.74) is 2.72.